The van der Waals surface area contributed by atoms with Crippen molar-refractivity contribution in [3.05, 3.63) is 48.7 Å². The van der Waals surface area contributed by atoms with Crippen LogP contribution < -0.4 is 5.32 Å². The molecule has 3 heterocycles. The molecule has 8 heteroatoms. The van der Waals surface area contributed by atoms with Crippen LogP contribution >= 0.6 is 11.8 Å². The lowest BCUT2D eigenvalue weighted by Crippen LogP contribution is -2.28. The Morgan fingerprint density at radius 1 is 1.38 bits per heavy atom. The molecule has 0 radical (unpaired) electrons. The Morgan fingerprint density at radius 2 is 2.27 bits per heavy atom. The number of amides is 1. The van der Waals surface area contributed by atoms with E-state index in [1.54, 1.807) is 18.7 Å². The predicted octanol–water partition coefficient (Wildman–Crippen LogP) is 3.24. The van der Waals surface area contributed by atoms with E-state index in [0.717, 1.165) is 35.1 Å². The van der Waals surface area contributed by atoms with Crippen molar-refractivity contribution >= 4 is 17.7 Å². The first-order chi connectivity index (χ1) is 12.7. The second-order valence-electron chi connectivity index (χ2n) is 6.24. The summed E-state index contributed by atoms with van der Waals surface area (Å²) in [6.07, 6.45) is 7.35. The van der Waals surface area contributed by atoms with E-state index in [1.165, 1.54) is 11.8 Å². The largest absolute Gasteiger partial charge is 0.467 e. The summed E-state index contributed by atoms with van der Waals surface area (Å²) in [6.45, 7) is 1.90. The number of aromatic nitrogens is 4. The molecule has 1 fully saturated rings. The molecule has 4 rings (SSSR count). The van der Waals surface area contributed by atoms with E-state index in [0.29, 0.717) is 6.04 Å². The molecule has 3 aromatic rings. The van der Waals surface area contributed by atoms with E-state index < -0.39 is 0 Å². The highest BCUT2D eigenvalue weighted by atomic mass is 32.2. The van der Waals surface area contributed by atoms with E-state index in [-0.39, 0.29) is 17.7 Å². The van der Waals surface area contributed by atoms with E-state index in [1.807, 2.05) is 31.2 Å². The highest BCUT2D eigenvalue weighted by molar-refractivity contribution is 7.99. The summed E-state index contributed by atoms with van der Waals surface area (Å²) in [7, 11) is 0. The number of hydrogen-bond donors (Lipinski definition) is 1. The van der Waals surface area contributed by atoms with Gasteiger partial charge in [-0.15, -0.1) is 10.2 Å². The van der Waals surface area contributed by atoms with Crippen molar-refractivity contribution in [2.24, 2.45) is 0 Å². The fraction of sp³-hybridized carbons (Fsp3) is 0.333. The Hall–Kier alpha value is -2.61. The van der Waals surface area contributed by atoms with Crippen molar-refractivity contribution in [2.45, 2.75) is 37.0 Å². The Morgan fingerprint density at radius 3 is 2.96 bits per heavy atom. The van der Waals surface area contributed by atoms with Crippen LogP contribution in [0.1, 0.15) is 37.6 Å². The molecular formula is C18H19N5O2S. The quantitative estimate of drug-likeness (QED) is 0.644. The minimum absolute atomic E-state index is 0.0628. The zero-order valence-corrected chi connectivity index (χ0v) is 15.1. The molecule has 1 saturated carbocycles. The maximum atomic E-state index is 12.3. The molecule has 26 heavy (non-hydrogen) atoms. The summed E-state index contributed by atoms with van der Waals surface area (Å²) in [4.78, 5) is 16.4. The molecule has 134 valence electrons. The minimum Gasteiger partial charge on any atom is -0.467 e. The van der Waals surface area contributed by atoms with Crippen molar-refractivity contribution in [1.82, 2.24) is 25.1 Å². The van der Waals surface area contributed by atoms with Crippen molar-refractivity contribution < 1.29 is 9.21 Å². The van der Waals surface area contributed by atoms with Crippen molar-refractivity contribution in [3.8, 4) is 11.4 Å². The molecule has 0 bridgehead atoms. The molecule has 0 spiro atoms. The number of nitrogens with zero attached hydrogens (tertiary/aromatic N) is 4. The van der Waals surface area contributed by atoms with Crippen LogP contribution in [0.2, 0.25) is 0 Å². The number of rotatable bonds is 7. The van der Waals surface area contributed by atoms with Crippen molar-refractivity contribution in [2.75, 3.05) is 5.75 Å². The van der Waals surface area contributed by atoms with Crippen molar-refractivity contribution in [1.29, 1.82) is 0 Å². The summed E-state index contributed by atoms with van der Waals surface area (Å²) >= 11 is 1.40. The highest BCUT2D eigenvalue weighted by Crippen LogP contribution is 2.40. The molecule has 7 nitrogen and oxygen atoms in total. The van der Waals surface area contributed by atoms with Gasteiger partial charge in [-0.3, -0.25) is 14.3 Å². The van der Waals surface area contributed by atoms with Crippen molar-refractivity contribution in [3.63, 3.8) is 0 Å². The van der Waals surface area contributed by atoms with Gasteiger partial charge in [0.1, 0.15) is 5.76 Å². The number of thioether (sulfide) groups is 1. The van der Waals surface area contributed by atoms with Crippen LogP contribution in [-0.2, 0) is 4.79 Å². The van der Waals surface area contributed by atoms with Gasteiger partial charge in [0.2, 0.25) is 5.91 Å². The van der Waals surface area contributed by atoms with Gasteiger partial charge in [-0.25, -0.2) is 0 Å². The van der Waals surface area contributed by atoms with Gasteiger partial charge >= 0.3 is 0 Å². The van der Waals surface area contributed by atoms with E-state index in [4.69, 9.17) is 4.42 Å². The Balaban J connectivity index is 1.44. The number of carbonyl (C=O) groups excluding carboxylic acids is 1. The summed E-state index contributed by atoms with van der Waals surface area (Å²) in [5, 5.41) is 12.3. The van der Waals surface area contributed by atoms with Gasteiger partial charge in [-0.1, -0.05) is 11.8 Å². The van der Waals surface area contributed by atoms with E-state index >= 15 is 0 Å². The molecule has 1 N–H and O–H groups in total. The summed E-state index contributed by atoms with van der Waals surface area (Å²) in [5.74, 6) is 1.77. The van der Waals surface area contributed by atoms with Crippen LogP contribution in [0.15, 0.2) is 52.5 Å². The number of carbonyl (C=O) groups is 1. The summed E-state index contributed by atoms with van der Waals surface area (Å²) < 4.78 is 7.45. The zero-order chi connectivity index (χ0) is 17.9. The smallest absolute Gasteiger partial charge is 0.231 e. The van der Waals surface area contributed by atoms with E-state index in [2.05, 4.69) is 25.1 Å². The molecular weight excluding hydrogens is 350 g/mol. The van der Waals surface area contributed by atoms with Gasteiger partial charge in [0.15, 0.2) is 11.0 Å². The number of furan rings is 1. The van der Waals surface area contributed by atoms with Crippen LogP contribution in [0.4, 0.5) is 0 Å². The predicted molar refractivity (Wildman–Crippen MR) is 97.5 cm³/mol. The highest BCUT2D eigenvalue weighted by Gasteiger charge is 2.30. The molecule has 1 aliphatic rings. The number of pyridine rings is 1. The van der Waals surface area contributed by atoms with Gasteiger partial charge in [0.25, 0.3) is 0 Å². The fourth-order valence-electron chi connectivity index (χ4n) is 2.75. The molecule has 0 aromatic carbocycles. The molecule has 1 amide bonds. The molecule has 0 unspecified atom stereocenters. The Kier molecular flexibility index (Phi) is 4.75. The first kappa shape index (κ1) is 16.8. The maximum absolute atomic E-state index is 12.3. The average Bonchev–Trinajstić information content (AvgIpc) is 3.18. The third-order valence-electron chi connectivity index (χ3n) is 4.18. The minimum atomic E-state index is -0.162. The standard InChI is InChI=1S/C18H19N5O2S/c1-12(15-5-3-9-25-15)20-16(24)11-26-18-22-21-17(23(18)14-6-7-14)13-4-2-8-19-10-13/h2-5,8-10,12,14H,6-7,11H2,1H3,(H,20,24)/t12-/m0/s1. The van der Waals surface area contributed by atoms with Gasteiger partial charge in [0, 0.05) is 24.0 Å². The van der Waals surface area contributed by atoms with Crippen LogP contribution in [0.3, 0.4) is 0 Å². The number of nitrogens with one attached hydrogen (secondary N) is 1. The molecule has 0 aliphatic heterocycles. The van der Waals surface area contributed by atoms with Crippen LogP contribution in [-0.4, -0.2) is 31.4 Å². The Bertz CT molecular complexity index is 874. The second-order valence-corrected chi connectivity index (χ2v) is 7.18. The average molecular weight is 369 g/mol. The third kappa shape index (κ3) is 3.65. The van der Waals surface area contributed by atoms with Gasteiger partial charge < -0.3 is 9.73 Å². The second kappa shape index (κ2) is 7.33. The Labute approximate surface area is 155 Å². The van der Waals surface area contributed by atoms with Gasteiger partial charge in [0.05, 0.1) is 18.1 Å². The lowest BCUT2D eigenvalue weighted by molar-refractivity contribution is -0.119. The lowest BCUT2D eigenvalue weighted by Gasteiger charge is -2.12. The lowest BCUT2D eigenvalue weighted by atomic mass is 10.2. The molecule has 1 atom stereocenters. The number of hydrogen-bond acceptors (Lipinski definition) is 6. The molecule has 1 aliphatic carbocycles. The first-order valence-corrected chi connectivity index (χ1v) is 9.52. The van der Waals surface area contributed by atoms with Gasteiger partial charge in [-0.05, 0) is 44.0 Å². The van der Waals surface area contributed by atoms with Crippen LogP contribution in [0.25, 0.3) is 11.4 Å². The third-order valence-corrected chi connectivity index (χ3v) is 5.12. The normalized spacial score (nSPS) is 15.0. The molecule has 3 aromatic heterocycles. The molecule has 0 saturated heterocycles. The summed E-state index contributed by atoms with van der Waals surface area (Å²) in [5.41, 5.74) is 0.939. The monoisotopic (exact) mass is 369 g/mol. The summed E-state index contributed by atoms with van der Waals surface area (Å²) in [6, 6.07) is 7.77. The fourth-order valence-corrected chi connectivity index (χ4v) is 3.57. The van der Waals surface area contributed by atoms with Gasteiger partial charge in [-0.2, -0.15) is 0 Å². The van der Waals surface area contributed by atoms with Crippen LogP contribution in [0, 0.1) is 0 Å². The topological polar surface area (TPSA) is 85.8 Å². The van der Waals surface area contributed by atoms with Crippen LogP contribution in [0.5, 0.6) is 0 Å². The van der Waals surface area contributed by atoms with E-state index in [9.17, 15) is 4.79 Å². The maximum Gasteiger partial charge on any atom is 0.231 e. The zero-order valence-electron chi connectivity index (χ0n) is 14.3. The SMILES string of the molecule is C[C@H](NC(=O)CSc1nnc(-c2cccnc2)n1C1CC1)c1ccco1. The first-order valence-electron chi connectivity index (χ1n) is 8.53.